The molecule has 5 N–H and O–H groups in total. The molecule has 0 saturated heterocycles. The van der Waals surface area contributed by atoms with Gasteiger partial charge in [-0.2, -0.15) is 0 Å². The summed E-state index contributed by atoms with van der Waals surface area (Å²) in [4.78, 5) is 31.6. The van der Waals surface area contributed by atoms with Crippen LogP contribution >= 0.6 is 0 Å². The Hall–Kier alpha value is -1.15. The van der Waals surface area contributed by atoms with E-state index in [4.69, 9.17) is 20.1 Å². The van der Waals surface area contributed by atoms with Crippen LogP contribution in [0.25, 0.3) is 0 Å². The van der Waals surface area contributed by atoms with Gasteiger partial charge in [0.05, 0.1) is 0 Å². The number of carboxylic acid groups (broad SMARTS) is 3. The molecule has 0 aromatic heterocycles. The summed E-state index contributed by atoms with van der Waals surface area (Å²) < 4.78 is 9.46. The van der Waals surface area contributed by atoms with Crippen LogP contribution in [0.4, 0.5) is 0 Å². The molecule has 0 rings (SSSR count). The second-order valence-electron chi connectivity index (χ2n) is 2.60. The second-order valence-corrected chi connectivity index (χ2v) is 3.08. The molecule has 88 valence electrons. The molecule has 0 bridgehead atoms. The van der Waals surface area contributed by atoms with E-state index in [1.54, 1.807) is 0 Å². The van der Waals surface area contributed by atoms with E-state index in [9.17, 15) is 14.4 Å². The van der Waals surface area contributed by atoms with Crippen molar-refractivity contribution in [1.82, 2.24) is 0 Å². The van der Waals surface area contributed by atoms with Gasteiger partial charge in [-0.3, -0.25) is 0 Å². The van der Waals surface area contributed by atoms with Gasteiger partial charge in [0.25, 0.3) is 0 Å². The summed E-state index contributed by atoms with van der Waals surface area (Å²) in [5.41, 5.74) is -2.31. The van der Waals surface area contributed by atoms with E-state index in [2.05, 4.69) is 3.82 Å². The molecule has 15 heavy (non-hydrogen) atoms. The number of carbonyl (C=O) groups is 3. The molecule has 0 atom stereocenters. The number of hydrogen-bond donors (Lipinski definition) is 4. The zero-order valence-electron chi connectivity index (χ0n) is 7.32. The Bertz CT molecular complexity index is 263. The molecule has 0 heterocycles. The molecule has 9 heteroatoms. The van der Waals surface area contributed by atoms with Crippen molar-refractivity contribution in [2.45, 2.75) is 18.4 Å². The Morgan fingerprint density at radius 3 is 1.73 bits per heavy atom. The van der Waals surface area contributed by atoms with Crippen LogP contribution in [0.15, 0.2) is 0 Å². The summed E-state index contributed by atoms with van der Waals surface area (Å²) in [6.07, 6.45) is -1.93. The Balaban J connectivity index is 4.96. The van der Waals surface area contributed by atoms with Gasteiger partial charge < -0.3 is 0 Å². The van der Waals surface area contributed by atoms with Gasteiger partial charge in [-0.05, 0) is 0 Å². The van der Waals surface area contributed by atoms with Crippen molar-refractivity contribution in [3.8, 4) is 0 Å². The molecule has 0 aromatic rings. The van der Waals surface area contributed by atoms with Crippen molar-refractivity contribution in [2.24, 2.45) is 4.75 Å². The Labute approximate surface area is 90.7 Å². The average molecular weight is 263 g/mol. The molecular formula is C6H9FeNO7. The summed E-state index contributed by atoms with van der Waals surface area (Å²) in [5, 5.41) is 25.7. The molecule has 0 unspecified atom stereocenters. The summed E-state index contributed by atoms with van der Waals surface area (Å²) in [7, 11) is 0. The summed E-state index contributed by atoms with van der Waals surface area (Å²) in [6.45, 7) is 0. The van der Waals surface area contributed by atoms with Gasteiger partial charge in [-0.15, -0.1) is 0 Å². The maximum atomic E-state index is 10.8. The first-order chi connectivity index (χ1) is 6.84. The molecule has 8 nitrogen and oxygen atoms in total. The fourth-order valence-corrected chi connectivity index (χ4v) is 1.37. The molecule has 0 aromatic carbocycles. The molecule has 0 saturated carbocycles. The molecule has 0 spiro atoms. The number of aliphatic carboxylic acids is 3. The van der Waals surface area contributed by atoms with Crippen LogP contribution in [0.2, 0.25) is 0 Å². The number of rotatable bonds is 7. The van der Waals surface area contributed by atoms with Crippen molar-refractivity contribution < 1.29 is 49.0 Å². The Morgan fingerprint density at radius 1 is 1.13 bits per heavy atom. The maximum absolute atomic E-state index is 10.8. The second kappa shape index (κ2) is 5.66. The van der Waals surface area contributed by atoms with E-state index < -0.39 is 51.9 Å². The average Bonchev–Trinajstić information content (AvgIpc) is 2.01. The first-order valence-corrected chi connectivity index (χ1v) is 4.59. The normalized spacial score (nSPS) is 11.3. The van der Waals surface area contributed by atoms with Crippen molar-refractivity contribution in [1.29, 1.82) is 0 Å². The standard InChI is InChI=1S/C6H7O7.Fe.H2N/c7-3(8)1-6(13,5(11)12)2-4(9)10;;/h1-2H2,(H,7,8)(H,9,10)(H,11,12);;1H2/q-1;+2;-1. The number of nitrogens with two attached hydrogens (primary N) is 1. The third-order valence-corrected chi connectivity index (χ3v) is 2.00. The van der Waals surface area contributed by atoms with Crippen molar-refractivity contribution >= 4 is 17.9 Å². The van der Waals surface area contributed by atoms with Crippen LogP contribution in [0.3, 0.4) is 0 Å². The van der Waals surface area contributed by atoms with Gasteiger partial charge in [0, 0.05) is 0 Å². The van der Waals surface area contributed by atoms with Crippen LogP contribution in [0.5, 0.6) is 0 Å². The fraction of sp³-hybridized carbons (Fsp3) is 0.500. The van der Waals surface area contributed by atoms with Gasteiger partial charge in [-0.25, -0.2) is 0 Å². The summed E-state index contributed by atoms with van der Waals surface area (Å²) >= 11 is -0.577. The predicted molar refractivity (Wildman–Crippen MR) is 40.1 cm³/mol. The summed E-state index contributed by atoms with van der Waals surface area (Å²) in [6, 6.07) is 0. The van der Waals surface area contributed by atoms with Gasteiger partial charge in [0.2, 0.25) is 0 Å². The van der Waals surface area contributed by atoms with E-state index in [1.807, 2.05) is 0 Å². The quantitative estimate of drug-likeness (QED) is 0.412. The van der Waals surface area contributed by atoms with E-state index in [-0.39, 0.29) is 0 Å². The van der Waals surface area contributed by atoms with Crippen molar-refractivity contribution in [3.05, 3.63) is 0 Å². The Morgan fingerprint density at radius 2 is 1.53 bits per heavy atom. The van der Waals surface area contributed by atoms with Crippen LogP contribution in [0.1, 0.15) is 12.8 Å². The van der Waals surface area contributed by atoms with Crippen LogP contribution in [0, 0.1) is 0 Å². The number of hydrogen-bond acceptors (Lipinski definition) is 5. The molecule has 0 radical (unpaired) electrons. The molecule has 0 amide bonds. The molecule has 0 aliphatic rings. The summed E-state index contributed by atoms with van der Waals surface area (Å²) in [5.74, 6) is -4.63. The first kappa shape index (κ1) is 13.8. The SMILES string of the molecule is [NH2][Fe][O]C(CC(=O)O)(CC(=O)O)C(=O)O. The van der Waals surface area contributed by atoms with Crippen LogP contribution in [-0.2, 0) is 33.7 Å². The van der Waals surface area contributed by atoms with E-state index >= 15 is 0 Å². The Kier molecular flexibility index (Phi) is 5.23. The van der Waals surface area contributed by atoms with E-state index in [0.29, 0.717) is 0 Å². The molecular weight excluding hydrogens is 254 g/mol. The van der Waals surface area contributed by atoms with Crippen LogP contribution < -0.4 is 4.75 Å². The van der Waals surface area contributed by atoms with Gasteiger partial charge in [0.1, 0.15) is 0 Å². The topological polar surface area (TPSA) is 147 Å². The predicted octanol–water partition coefficient (Wildman–Crippen LogP) is -1.35. The molecule has 0 fully saturated rings. The number of carboxylic acids is 3. The van der Waals surface area contributed by atoms with Crippen LogP contribution in [-0.4, -0.2) is 38.8 Å². The minimum absolute atomic E-state index is 0.577. The first-order valence-electron chi connectivity index (χ1n) is 3.50. The van der Waals surface area contributed by atoms with Gasteiger partial charge in [0.15, 0.2) is 0 Å². The van der Waals surface area contributed by atoms with Gasteiger partial charge >= 0.3 is 90.1 Å². The zero-order chi connectivity index (χ0) is 12.1. The van der Waals surface area contributed by atoms with Gasteiger partial charge in [-0.1, -0.05) is 0 Å². The minimum atomic E-state index is -2.31. The van der Waals surface area contributed by atoms with Crippen molar-refractivity contribution in [3.63, 3.8) is 0 Å². The third kappa shape index (κ3) is 4.26. The monoisotopic (exact) mass is 263 g/mol. The van der Waals surface area contributed by atoms with E-state index in [1.165, 1.54) is 0 Å². The third-order valence-electron chi connectivity index (χ3n) is 1.44. The van der Waals surface area contributed by atoms with E-state index in [0.717, 1.165) is 0 Å². The fourth-order valence-electron chi connectivity index (χ4n) is 0.864. The molecule has 0 aliphatic heterocycles. The zero-order valence-corrected chi connectivity index (χ0v) is 8.42. The molecule has 0 aliphatic carbocycles. The van der Waals surface area contributed by atoms with Crippen molar-refractivity contribution in [2.75, 3.05) is 0 Å².